The first-order chi connectivity index (χ1) is 8.67. The van der Waals surface area contributed by atoms with Crippen LogP contribution in [0.5, 0.6) is 0 Å². The minimum Gasteiger partial charge on any atom is -0.340 e. The lowest BCUT2D eigenvalue weighted by Gasteiger charge is -2.48. The van der Waals surface area contributed by atoms with Crippen molar-refractivity contribution in [2.75, 3.05) is 0 Å². The lowest BCUT2D eigenvalue weighted by molar-refractivity contribution is -0.149. The Morgan fingerprint density at radius 3 is 1.28 bits per heavy atom. The van der Waals surface area contributed by atoms with Crippen LogP contribution in [0.3, 0.4) is 0 Å². The van der Waals surface area contributed by atoms with Gasteiger partial charge in [0.2, 0.25) is 11.8 Å². The Bertz CT molecular complexity index is 330. The highest BCUT2D eigenvalue weighted by molar-refractivity contribution is 6.02. The second-order valence-electron chi connectivity index (χ2n) is 6.19. The smallest absolute Gasteiger partial charge is 0.246 e. The molecule has 2 amide bonds. The molecule has 4 heteroatoms. The first kappa shape index (κ1) is 12.0. The lowest BCUT2D eigenvalue weighted by Crippen LogP contribution is -2.75. The SMILES string of the molecule is O=C1NC2(CCCCC2)C(=O)NC12CCCCC2. The normalized spacial score (nSPS) is 30.0. The second-order valence-corrected chi connectivity index (χ2v) is 6.19. The predicted molar refractivity (Wildman–Crippen MR) is 67.9 cm³/mol. The average Bonchev–Trinajstić information content (AvgIpc) is 2.39. The molecule has 0 aromatic carbocycles. The maximum atomic E-state index is 12.5. The van der Waals surface area contributed by atoms with Crippen molar-refractivity contribution in [2.24, 2.45) is 0 Å². The number of hydrogen-bond acceptors (Lipinski definition) is 2. The first-order valence-corrected chi connectivity index (χ1v) is 7.32. The highest BCUT2D eigenvalue weighted by Gasteiger charge is 2.53. The molecule has 0 radical (unpaired) electrons. The predicted octanol–water partition coefficient (Wildman–Crippen LogP) is 1.64. The van der Waals surface area contributed by atoms with Gasteiger partial charge in [-0.2, -0.15) is 0 Å². The summed E-state index contributed by atoms with van der Waals surface area (Å²) in [7, 11) is 0. The van der Waals surface area contributed by atoms with Crippen LogP contribution in [-0.4, -0.2) is 22.9 Å². The Balaban J connectivity index is 1.82. The van der Waals surface area contributed by atoms with E-state index in [1.165, 1.54) is 12.8 Å². The summed E-state index contributed by atoms with van der Waals surface area (Å²) >= 11 is 0. The standard InChI is InChI=1S/C14H22N2O2/c17-11-13(7-3-1-4-8-13)15-12(18)14(16-11)9-5-2-6-10-14/h1-10H2,(H,15,18)(H,16,17). The van der Waals surface area contributed by atoms with Crippen LogP contribution in [0.1, 0.15) is 64.2 Å². The molecule has 3 aliphatic rings. The molecule has 1 aliphatic heterocycles. The van der Waals surface area contributed by atoms with Crippen LogP contribution < -0.4 is 10.6 Å². The van der Waals surface area contributed by atoms with Crippen LogP contribution >= 0.6 is 0 Å². The van der Waals surface area contributed by atoms with Gasteiger partial charge in [0.1, 0.15) is 11.1 Å². The van der Waals surface area contributed by atoms with Crippen LogP contribution in [0.15, 0.2) is 0 Å². The molecule has 1 heterocycles. The Hall–Kier alpha value is -1.06. The minimum absolute atomic E-state index is 0.0729. The van der Waals surface area contributed by atoms with E-state index >= 15 is 0 Å². The summed E-state index contributed by atoms with van der Waals surface area (Å²) in [5.41, 5.74) is -1.17. The summed E-state index contributed by atoms with van der Waals surface area (Å²) in [6, 6.07) is 0. The van der Waals surface area contributed by atoms with Gasteiger partial charge >= 0.3 is 0 Å². The Morgan fingerprint density at radius 2 is 0.944 bits per heavy atom. The molecule has 0 atom stereocenters. The summed E-state index contributed by atoms with van der Waals surface area (Å²) in [5.74, 6) is 0.146. The van der Waals surface area contributed by atoms with Crippen molar-refractivity contribution in [3.05, 3.63) is 0 Å². The van der Waals surface area contributed by atoms with Gasteiger partial charge in [-0.15, -0.1) is 0 Å². The maximum absolute atomic E-state index is 12.5. The summed E-state index contributed by atoms with van der Waals surface area (Å²) in [5, 5.41) is 6.18. The molecule has 0 bridgehead atoms. The number of amides is 2. The van der Waals surface area contributed by atoms with Crippen LogP contribution in [-0.2, 0) is 9.59 Å². The van der Waals surface area contributed by atoms with E-state index in [2.05, 4.69) is 10.6 Å². The third-order valence-electron chi connectivity index (χ3n) is 4.99. The Labute approximate surface area is 108 Å². The summed E-state index contributed by atoms with van der Waals surface area (Å²) in [6.07, 6.45) is 9.75. The molecule has 4 nitrogen and oxygen atoms in total. The van der Waals surface area contributed by atoms with E-state index in [0.717, 1.165) is 51.4 Å². The van der Waals surface area contributed by atoms with Crippen molar-refractivity contribution in [3.63, 3.8) is 0 Å². The van der Waals surface area contributed by atoms with E-state index in [4.69, 9.17) is 0 Å². The number of carbonyl (C=O) groups is 2. The fourth-order valence-electron chi connectivity index (χ4n) is 3.80. The number of piperazine rings is 1. The van der Waals surface area contributed by atoms with Gasteiger partial charge in [0.25, 0.3) is 0 Å². The van der Waals surface area contributed by atoms with Gasteiger partial charge in [-0.3, -0.25) is 9.59 Å². The summed E-state index contributed by atoms with van der Waals surface area (Å²) in [4.78, 5) is 24.9. The third kappa shape index (κ3) is 1.73. The molecule has 2 aliphatic carbocycles. The van der Waals surface area contributed by atoms with Crippen molar-refractivity contribution in [3.8, 4) is 0 Å². The largest absolute Gasteiger partial charge is 0.340 e. The highest BCUT2D eigenvalue weighted by atomic mass is 16.2. The quantitative estimate of drug-likeness (QED) is 0.686. The lowest BCUT2D eigenvalue weighted by atomic mass is 9.73. The van der Waals surface area contributed by atoms with Crippen LogP contribution in [0.4, 0.5) is 0 Å². The molecule has 0 aromatic rings. The van der Waals surface area contributed by atoms with E-state index in [-0.39, 0.29) is 11.8 Å². The number of carbonyl (C=O) groups excluding carboxylic acids is 2. The van der Waals surface area contributed by atoms with E-state index in [1.807, 2.05) is 0 Å². The molecule has 100 valence electrons. The van der Waals surface area contributed by atoms with E-state index in [1.54, 1.807) is 0 Å². The van der Waals surface area contributed by atoms with E-state index in [9.17, 15) is 9.59 Å². The monoisotopic (exact) mass is 250 g/mol. The highest BCUT2D eigenvalue weighted by Crippen LogP contribution is 2.36. The summed E-state index contributed by atoms with van der Waals surface area (Å²) < 4.78 is 0. The van der Waals surface area contributed by atoms with Gasteiger partial charge in [0.15, 0.2) is 0 Å². The maximum Gasteiger partial charge on any atom is 0.246 e. The van der Waals surface area contributed by atoms with Crippen LogP contribution in [0.2, 0.25) is 0 Å². The first-order valence-electron chi connectivity index (χ1n) is 7.32. The van der Waals surface area contributed by atoms with Crippen molar-refractivity contribution >= 4 is 11.8 Å². The van der Waals surface area contributed by atoms with Crippen molar-refractivity contribution in [1.29, 1.82) is 0 Å². The fraction of sp³-hybridized carbons (Fsp3) is 0.857. The molecule has 2 saturated carbocycles. The van der Waals surface area contributed by atoms with Gasteiger partial charge in [0.05, 0.1) is 0 Å². The second kappa shape index (κ2) is 4.25. The molecule has 2 N–H and O–H groups in total. The van der Waals surface area contributed by atoms with Gasteiger partial charge in [-0.25, -0.2) is 0 Å². The molecule has 1 saturated heterocycles. The van der Waals surface area contributed by atoms with E-state index < -0.39 is 11.1 Å². The topological polar surface area (TPSA) is 58.2 Å². The van der Waals surface area contributed by atoms with Crippen molar-refractivity contribution in [1.82, 2.24) is 10.6 Å². The van der Waals surface area contributed by atoms with Crippen molar-refractivity contribution < 1.29 is 9.59 Å². The average molecular weight is 250 g/mol. The number of hydrogen-bond donors (Lipinski definition) is 2. The zero-order chi connectivity index (χ0) is 12.6. The van der Waals surface area contributed by atoms with Crippen molar-refractivity contribution in [2.45, 2.75) is 75.3 Å². The molecule has 18 heavy (non-hydrogen) atoms. The van der Waals surface area contributed by atoms with Crippen LogP contribution in [0, 0.1) is 0 Å². The van der Waals surface area contributed by atoms with Gasteiger partial charge in [0, 0.05) is 0 Å². The van der Waals surface area contributed by atoms with Crippen LogP contribution in [0.25, 0.3) is 0 Å². The molecule has 0 unspecified atom stereocenters. The Kier molecular flexibility index (Phi) is 2.83. The number of rotatable bonds is 0. The van der Waals surface area contributed by atoms with Gasteiger partial charge in [-0.1, -0.05) is 38.5 Å². The zero-order valence-electron chi connectivity index (χ0n) is 10.9. The van der Waals surface area contributed by atoms with Gasteiger partial charge < -0.3 is 10.6 Å². The van der Waals surface area contributed by atoms with E-state index in [0.29, 0.717) is 0 Å². The fourth-order valence-corrected chi connectivity index (χ4v) is 3.80. The molecule has 0 aromatic heterocycles. The molecular weight excluding hydrogens is 228 g/mol. The van der Waals surface area contributed by atoms with Gasteiger partial charge in [-0.05, 0) is 25.7 Å². The third-order valence-corrected chi connectivity index (χ3v) is 4.99. The molecule has 3 fully saturated rings. The summed E-state index contributed by atoms with van der Waals surface area (Å²) in [6.45, 7) is 0. The molecular formula is C14H22N2O2. The molecule has 2 spiro atoms. The minimum atomic E-state index is -0.585. The zero-order valence-corrected chi connectivity index (χ0v) is 10.9. The Morgan fingerprint density at radius 1 is 0.611 bits per heavy atom. The molecule has 3 rings (SSSR count). The number of nitrogens with one attached hydrogen (secondary N) is 2.